The minimum Gasteiger partial charge on any atom is -0.332 e. The van der Waals surface area contributed by atoms with Crippen LogP contribution < -0.4 is 5.32 Å². The second-order valence-corrected chi connectivity index (χ2v) is 4.67. The quantitative estimate of drug-likeness (QED) is 0.780. The molecule has 3 heteroatoms. The van der Waals surface area contributed by atoms with Gasteiger partial charge in [-0.3, -0.25) is 0 Å². The van der Waals surface area contributed by atoms with Gasteiger partial charge in [-0.25, -0.2) is 4.98 Å². The van der Waals surface area contributed by atoms with Gasteiger partial charge < -0.3 is 9.88 Å². The van der Waals surface area contributed by atoms with E-state index in [1.807, 2.05) is 6.20 Å². The second-order valence-electron chi connectivity index (χ2n) is 4.67. The summed E-state index contributed by atoms with van der Waals surface area (Å²) in [6.07, 6.45) is 4.86. The fourth-order valence-corrected chi connectivity index (χ4v) is 2.07. The van der Waals surface area contributed by atoms with E-state index in [1.165, 1.54) is 30.9 Å². The van der Waals surface area contributed by atoms with Crippen molar-refractivity contribution in [2.75, 3.05) is 13.1 Å². The summed E-state index contributed by atoms with van der Waals surface area (Å²) in [5.74, 6) is 2.92. The lowest BCUT2D eigenvalue weighted by atomic mass is 10.0. The highest BCUT2D eigenvalue weighted by molar-refractivity contribution is 5.12. The van der Waals surface area contributed by atoms with E-state index in [1.54, 1.807) is 0 Å². The maximum absolute atomic E-state index is 4.54. The third kappa shape index (κ3) is 1.36. The molecular weight excluding hydrogens is 174 g/mol. The lowest BCUT2D eigenvalue weighted by molar-refractivity contribution is 0.408. The van der Waals surface area contributed by atoms with E-state index >= 15 is 0 Å². The minimum atomic E-state index is 0.669. The highest BCUT2D eigenvalue weighted by Gasteiger charge is 2.28. The molecule has 1 aliphatic heterocycles. The Labute approximate surface area is 84.5 Å². The molecule has 0 spiro atoms. The highest BCUT2D eigenvalue weighted by Crippen LogP contribution is 2.32. The first-order valence-electron chi connectivity index (χ1n) is 5.57. The molecule has 0 unspecified atom stereocenters. The smallest absolute Gasteiger partial charge is 0.114 e. The molecule has 2 fully saturated rings. The normalized spacial score (nSPS) is 22.4. The maximum Gasteiger partial charge on any atom is 0.114 e. The van der Waals surface area contributed by atoms with E-state index in [-0.39, 0.29) is 0 Å². The summed E-state index contributed by atoms with van der Waals surface area (Å²) in [5.41, 5.74) is 1.33. The molecule has 0 aromatic carbocycles. The SMILES string of the molecule is Cc1cnc(C2CNC2)n1CC1CC1. The van der Waals surface area contributed by atoms with Crippen molar-refractivity contribution in [2.24, 2.45) is 5.92 Å². The van der Waals surface area contributed by atoms with Gasteiger partial charge in [-0.05, 0) is 25.7 Å². The number of nitrogens with one attached hydrogen (secondary N) is 1. The van der Waals surface area contributed by atoms with Crippen LogP contribution in [0.2, 0.25) is 0 Å². The van der Waals surface area contributed by atoms with Crippen molar-refractivity contribution in [3.63, 3.8) is 0 Å². The molecule has 2 aliphatic rings. The van der Waals surface area contributed by atoms with Crippen LogP contribution in [0.1, 0.15) is 30.3 Å². The molecule has 1 aromatic rings. The Morgan fingerprint density at radius 2 is 2.29 bits per heavy atom. The van der Waals surface area contributed by atoms with Gasteiger partial charge in [0.15, 0.2) is 0 Å². The van der Waals surface area contributed by atoms with Crippen LogP contribution in [0.15, 0.2) is 6.20 Å². The zero-order valence-electron chi connectivity index (χ0n) is 8.66. The molecule has 1 saturated heterocycles. The van der Waals surface area contributed by atoms with Crippen LogP contribution in [0.5, 0.6) is 0 Å². The van der Waals surface area contributed by atoms with Crippen molar-refractivity contribution >= 4 is 0 Å². The van der Waals surface area contributed by atoms with Gasteiger partial charge in [0.25, 0.3) is 0 Å². The Bertz CT molecular complexity index is 334. The van der Waals surface area contributed by atoms with Gasteiger partial charge in [0.05, 0.1) is 0 Å². The van der Waals surface area contributed by atoms with Gasteiger partial charge in [-0.15, -0.1) is 0 Å². The van der Waals surface area contributed by atoms with Crippen LogP contribution >= 0.6 is 0 Å². The van der Waals surface area contributed by atoms with Gasteiger partial charge in [0.1, 0.15) is 5.82 Å². The fourth-order valence-electron chi connectivity index (χ4n) is 2.07. The molecule has 0 bridgehead atoms. The number of hydrogen-bond acceptors (Lipinski definition) is 2. The molecule has 0 atom stereocenters. The van der Waals surface area contributed by atoms with Crippen LogP contribution in [0, 0.1) is 12.8 Å². The molecular formula is C11H17N3. The predicted molar refractivity (Wildman–Crippen MR) is 55.3 cm³/mol. The van der Waals surface area contributed by atoms with Crippen LogP contribution in [-0.4, -0.2) is 22.6 Å². The summed E-state index contributed by atoms with van der Waals surface area (Å²) in [6, 6.07) is 0. The van der Waals surface area contributed by atoms with Crippen LogP contribution in [0.4, 0.5) is 0 Å². The molecule has 1 N–H and O–H groups in total. The van der Waals surface area contributed by atoms with E-state index < -0.39 is 0 Å². The Kier molecular flexibility index (Phi) is 1.87. The van der Waals surface area contributed by atoms with E-state index in [4.69, 9.17) is 0 Å². The van der Waals surface area contributed by atoms with Crippen molar-refractivity contribution in [1.82, 2.24) is 14.9 Å². The molecule has 1 aliphatic carbocycles. The zero-order valence-corrected chi connectivity index (χ0v) is 8.66. The van der Waals surface area contributed by atoms with Crippen molar-refractivity contribution in [3.8, 4) is 0 Å². The number of aromatic nitrogens is 2. The van der Waals surface area contributed by atoms with Crippen LogP contribution in [0.3, 0.4) is 0 Å². The molecule has 2 heterocycles. The van der Waals surface area contributed by atoms with Crippen molar-refractivity contribution in [2.45, 2.75) is 32.2 Å². The Balaban J connectivity index is 1.85. The summed E-state index contributed by atoms with van der Waals surface area (Å²) in [6.45, 7) is 5.60. The molecule has 14 heavy (non-hydrogen) atoms. The third-order valence-corrected chi connectivity index (χ3v) is 3.37. The molecule has 1 aromatic heterocycles. The fraction of sp³-hybridized carbons (Fsp3) is 0.727. The van der Waals surface area contributed by atoms with E-state index in [2.05, 4.69) is 21.8 Å². The maximum atomic E-state index is 4.54. The second kappa shape index (κ2) is 3.09. The Morgan fingerprint density at radius 1 is 1.50 bits per heavy atom. The van der Waals surface area contributed by atoms with Gasteiger partial charge in [-0.1, -0.05) is 0 Å². The van der Waals surface area contributed by atoms with E-state index in [0.29, 0.717) is 5.92 Å². The van der Waals surface area contributed by atoms with E-state index in [0.717, 1.165) is 19.0 Å². The molecule has 3 nitrogen and oxygen atoms in total. The minimum absolute atomic E-state index is 0.669. The standard InChI is InChI=1S/C11H17N3/c1-8-4-13-11(10-5-12-6-10)14(8)7-9-2-3-9/h4,9-10,12H,2-3,5-7H2,1H3. The lowest BCUT2D eigenvalue weighted by Gasteiger charge is -2.27. The van der Waals surface area contributed by atoms with Gasteiger partial charge in [-0.2, -0.15) is 0 Å². The van der Waals surface area contributed by atoms with Crippen molar-refractivity contribution < 1.29 is 0 Å². The summed E-state index contributed by atoms with van der Waals surface area (Å²) in [4.78, 5) is 4.54. The molecule has 1 saturated carbocycles. The van der Waals surface area contributed by atoms with Crippen LogP contribution in [-0.2, 0) is 6.54 Å². The lowest BCUT2D eigenvalue weighted by Crippen LogP contribution is -2.41. The predicted octanol–water partition coefficient (Wildman–Crippen LogP) is 1.29. The first-order chi connectivity index (χ1) is 6.84. The number of imidazole rings is 1. The first-order valence-corrected chi connectivity index (χ1v) is 5.57. The average Bonchev–Trinajstić information content (AvgIpc) is 2.82. The van der Waals surface area contributed by atoms with Crippen molar-refractivity contribution in [1.29, 1.82) is 0 Å². The Morgan fingerprint density at radius 3 is 2.86 bits per heavy atom. The number of nitrogens with zero attached hydrogens (tertiary/aromatic N) is 2. The average molecular weight is 191 g/mol. The summed E-state index contributed by atoms with van der Waals surface area (Å²) in [5, 5.41) is 3.31. The summed E-state index contributed by atoms with van der Waals surface area (Å²) >= 11 is 0. The summed E-state index contributed by atoms with van der Waals surface area (Å²) in [7, 11) is 0. The first kappa shape index (κ1) is 8.48. The summed E-state index contributed by atoms with van der Waals surface area (Å²) < 4.78 is 2.43. The zero-order chi connectivity index (χ0) is 9.54. The van der Waals surface area contributed by atoms with Gasteiger partial charge >= 0.3 is 0 Å². The van der Waals surface area contributed by atoms with Gasteiger partial charge in [0.2, 0.25) is 0 Å². The van der Waals surface area contributed by atoms with Gasteiger partial charge in [0, 0.05) is 37.4 Å². The number of aryl methyl sites for hydroxylation is 1. The number of hydrogen-bond donors (Lipinski definition) is 1. The highest BCUT2D eigenvalue weighted by atomic mass is 15.1. The topological polar surface area (TPSA) is 29.9 Å². The molecule has 3 rings (SSSR count). The Hall–Kier alpha value is -0.830. The van der Waals surface area contributed by atoms with Crippen molar-refractivity contribution in [3.05, 3.63) is 17.7 Å². The largest absolute Gasteiger partial charge is 0.332 e. The van der Waals surface area contributed by atoms with E-state index in [9.17, 15) is 0 Å². The molecule has 0 amide bonds. The molecule has 76 valence electrons. The third-order valence-electron chi connectivity index (χ3n) is 3.37. The van der Waals surface area contributed by atoms with Crippen LogP contribution in [0.25, 0.3) is 0 Å². The molecule has 0 radical (unpaired) electrons. The number of rotatable bonds is 3. The monoisotopic (exact) mass is 191 g/mol.